The van der Waals surface area contributed by atoms with Crippen LogP contribution in [0.25, 0.3) is 13.2 Å². The van der Waals surface area contributed by atoms with Gasteiger partial charge in [-0.05, 0) is 150 Å². The molecule has 4 aliphatic carbocycles. The van der Waals surface area contributed by atoms with Crippen LogP contribution in [0.2, 0.25) is 0 Å². The first kappa shape index (κ1) is 53.3. The number of nitrogens with one attached hydrogen (secondary N) is 3. The lowest BCUT2D eigenvalue weighted by atomic mass is 9.43. The van der Waals surface area contributed by atoms with Gasteiger partial charge in [0.1, 0.15) is 17.5 Å². The second-order valence-electron chi connectivity index (χ2n) is 22.4. The highest BCUT2D eigenvalue weighted by Gasteiger charge is 2.62. The molecule has 0 saturated heterocycles. The number of likely N-dealkylation sites (N-methyl/N-ethyl adjacent to an activating group) is 1. The summed E-state index contributed by atoms with van der Waals surface area (Å²) in [5.74, 6) is 0.964. The number of carboxylic acids is 1. The Bertz CT molecular complexity index is 1970. The van der Waals surface area contributed by atoms with Crippen LogP contribution in [0.4, 0.5) is 0 Å². The maximum atomic E-state index is 13.1. The number of fused-ring (bicyclic) bond motifs is 5. The number of benzene rings is 1. The molecule has 8 N–H and O–H groups in total. The van der Waals surface area contributed by atoms with Gasteiger partial charge in [0, 0.05) is 72.9 Å². The van der Waals surface area contributed by atoms with Gasteiger partial charge in [-0.1, -0.05) is 54.2 Å². The van der Waals surface area contributed by atoms with Crippen LogP contribution in [0.15, 0.2) is 0 Å². The molecule has 0 bridgehead atoms. The Balaban J connectivity index is 0.907. The quantitative estimate of drug-likeness (QED) is 0.0492. The topological polar surface area (TPSA) is 209 Å². The van der Waals surface area contributed by atoms with E-state index in [-0.39, 0.29) is 65.1 Å². The lowest BCUT2D eigenvalue weighted by Crippen LogP contribution is -2.58. The van der Waals surface area contributed by atoms with Crippen molar-refractivity contribution in [1.29, 1.82) is 0 Å². The zero-order valence-electron chi connectivity index (χ0n) is 41.5. The molecule has 0 spiro atoms. The Kier molecular flexibility index (Phi) is 18.3. The van der Waals surface area contributed by atoms with E-state index in [1.165, 1.54) is 0 Å². The standard InChI is InChI=1S/C53H86N4O9/c1-32(38-18-19-39-46-40(22-24-53(38,39)8)52(7)23-21-37(58)29-36(52)30-42(46)59)17-20-44(61)56-41(50(65)66)15-12-14-26-55-43(60)16-11-10-13-25-54-27-28-57(9)45(62)31-51(5,6)47-35(4)48(63)33(2)34(3)49(47)64/h32,36-42,46,54,58-59,63-64H,3-4,10-31H2,1-2,5-9H3,(H,55,60)(H,56,61)(H,65,66). The molecule has 3 amide bonds. The number of carbonyl (C=O) groups is 4. The summed E-state index contributed by atoms with van der Waals surface area (Å²) < 4.78 is 0. The van der Waals surface area contributed by atoms with E-state index in [9.17, 15) is 44.7 Å². The van der Waals surface area contributed by atoms with Crippen molar-refractivity contribution >= 4 is 36.8 Å². The molecule has 1 aromatic rings. The number of amides is 3. The first-order valence-electron chi connectivity index (χ1n) is 25.4. The summed E-state index contributed by atoms with van der Waals surface area (Å²) in [5.41, 5.74) is 0.424. The number of carboxylic acid groups (broad SMARTS) is 1. The number of aliphatic carboxylic acids is 1. The van der Waals surface area contributed by atoms with E-state index in [2.05, 4.69) is 49.9 Å². The van der Waals surface area contributed by atoms with Crippen LogP contribution in [-0.2, 0) is 24.6 Å². The first-order chi connectivity index (χ1) is 31.0. The van der Waals surface area contributed by atoms with Gasteiger partial charge in [0.25, 0.3) is 0 Å². The lowest BCUT2D eigenvalue weighted by Gasteiger charge is -2.62. The van der Waals surface area contributed by atoms with Crippen LogP contribution in [-0.4, -0.2) is 106 Å². The van der Waals surface area contributed by atoms with Crippen molar-refractivity contribution in [3.63, 3.8) is 0 Å². The predicted octanol–water partition coefficient (Wildman–Crippen LogP) is 5.77. The third-order valence-corrected chi connectivity index (χ3v) is 17.6. The van der Waals surface area contributed by atoms with Crippen LogP contribution in [0.1, 0.15) is 161 Å². The second-order valence-corrected chi connectivity index (χ2v) is 22.4. The van der Waals surface area contributed by atoms with Gasteiger partial charge >= 0.3 is 5.97 Å². The Hall–Kier alpha value is -3.68. The molecular formula is C53H86N4O9. The maximum absolute atomic E-state index is 13.1. The molecule has 4 saturated carbocycles. The third kappa shape index (κ3) is 12.1. The highest BCUT2D eigenvalue weighted by atomic mass is 16.4. The number of hydrogen-bond acceptors (Lipinski definition) is 9. The SMILES string of the molecule is C=c1c(C)c(O)c(=C)c(C(C)(C)CC(=O)N(C)CCNCCCCCC(=O)NCCCCC(NC(=O)CCC(C)C2CCC3C4C(O)CC5CC(O)CCC5(C)C4CCC23C)C(=O)O)c1O. The van der Waals surface area contributed by atoms with Crippen LogP contribution < -0.4 is 26.4 Å². The van der Waals surface area contributed by atoms with Gasteiger partial charge in [-0.3, -0.25) is 14.4 Å². The minimum atomic E-state index is -1.05. The normalized spacial score (nSPS) is 29.2. The minimum absolute atomic E-state index is 0.0204. The predicted molar refractivity (Wildman–Crippen MR) is 259 cm³/mol. The Morgan fingerprint density at radius 3 is 2.21 bits per heavy atom. The number of aliphatic hydroxyl groups is 2. The van der Waals surface area contributed by atoms with Gasteiger partial charge in [0.05, 0.1) is 12.2 Å². The molecule has 4 fully saturated rings. The fourth-order valence-electron chi connectivity index (χ4n) is 13.5. The number of nitrogens with zero attached hydrogens (tertiary/aromatic N) is 1. The molecule has 11 atom stereocenters. The zero-order chi connectivity index (χ0) is 48.7. The monoisotopic (exact) mass is 923 g/mol. The number of rotatable bonds is 23. The van der Waals surface area contributed by atoms with Gasteiger partial charge < -0.3 is 46.4 Å². The van der Waals surface area contributed by atoms with Crippen molar-refractivity contribution in [3.05, 3.63) is 21.6 Å². The lowest BCUT2D eigenvalue weighted by molar-refractivity contribution is -0.174. The molecule has 0 aromatic heterocycles. The molecule has 5 rings (SSSR count). The van der Waals surface area contributed by atoms with Crippen molar-refractivity contribution in [3.8, 4) is 11.5 Å². The van der Waals surface area contributed by atoms with Gasteiger partial charge in [0.15, 0.2) is 0 Å². The van der Waals surface area contributed by atoms with E-state index >= 15 is 0 Å². The smallest absolute Gasteiger partial charge is 0.326 e. The van der Waals surface area contributed by atoms with E-state index in [1.807, 2.05) is 13.8 Å². The summed E-state index contributed by atoms with van der Waals surface area (Å²) in [5, 5.41) is 62.8. The maximum Gasteiger partial charge on any atom is 0.326 e. The number of aromatic hydroxyl groups is 2. The van der Waals surface area contributed by atoms with Crippen LogP contribution in [0.3, 0.4) is 0 Å². The fourth-order valence-corrected chi connectivity index (χ4v) is 13.5. The fraction of sp³-hybridized carbons (Fsp3) is 0.774. The summed E-state index contributed by atoms with van der Waals surface area (Å²) >= 11 is 0. The minimum Gasteiger partial charge on any atom is -0.507 e. The molecule has 0 radical (unpaired) electrons. The van der Waals surface area contributed by atoms with E-state index in [1.54, 1.807) is 18.9 Å². The van der Waals surface area contributed by atoms with Gasteiger partial charge in [-0.15, -0.1) is 0 Å². The van der Waals surface area contributed by atoms with Gasteiger partial charge in [0.2, 0.25) is 17.7 Å². The molecule has 4 aliphatic rings. The van der Waals surface area contributed by atoms with Crippen molar-refractivity contribution < 1.29 is 44.7 Å². The van der Waals surface area contributed by atoms with Gasteiger partial charge in [-0.25, -0.2) is 4.79 Å². The molecule has 0 heterocycles. The second kappa shape index (κ2) is 22.6. The van der Waals surface area contributed by atoms with Crippen LogP contribution in [0, 0.1) is 53.3 Å². The highest BCUT2D eigenvalue weighted by Crippen LogP contribution is 2.68. The molecule has 13 nitrogen and oxygen atoms in total. The molecule has 372 valence electrons. The number of carbonyl (C=O) groups excluding carboxylic acids is 3. The molecule has 11 unspecified atom stereocenters. The summed E-state index contributed by atoms with van der Waals surface area (Å²) in [6, 6.07) is -0.965. The van der Waals surface area contributed by atoms with Crippen molar-refractivity contribution in [1.82, 2.24) is 20.9 Å². The first-order valence-corrected chi connectivity index (χ1v) is 25.4. The van der Waals surface area contributed by atoms with E-state index in [0.717, 1.165) is 77.2 Å². The van der Waals surface area contributed by atoms with Gasteiger partial charge in [-0.2, -0.15) is 0 Å². The number of hydrogen-bond donors (Lipinski definition) is 8. The van der Waals surface area contributed by atoms with Crippen LogP contribution >= 0.6 is 0 Å². The number of phenols is 2. The molecular weight excluding hydrogens is 837 g/mol. The Morgan fingerprint density at radius 1 is 0.818 bits per heavy atom. The third-order valence-electron chi connectivity index (χ3n) is 17.6. The zero-order valence-corrected chi connectivity index (χ0v) is 41.5. The average Bonchev–Trinajstić information content (AvgIpc) is 3.61. The molecule has 1 aromatic carbocycles. The molecule has 13 heteroatoms. The van der Waals surface area contributed by atoms with Crippen molar-refractivity contribution in [2.24, 2.45) is 46.3 Å². The van der Waals surface area contributed by atoms with Crippen LogP contribution in [0.5, 0.6) is 11.5 Å². The molecule has 66 heavy (non-hydrogen) atoms. The van der Waals surface area contributed by atoms with E-state index in [0.29, 0.717) is 109 Å². The highest BCUT2D eigenvalue weighted by molar-refractivity contribution is 5.83. The molecule has 0 aliphatic heterocycles. The summed E-state index contributed by atoms with van der Waals surface area (Å²) in [6.45, 7) is 22.6. The summed E-state index contributed by atoms with van der Waals surface area (Å²) in [6.07, 6.45) is 12.9. The number of phenolic OH excluding ortho intramolecular Hbond substituents is 2. The van der Waals surface area contributed by atoms with Crippen molar-refractivity contribution in [2.75, 3.05) is 33.2 Å². The number of aliphatic hydroxyl groups excluding tert-OH is 2. The summed E-state index contributed by atoms with van der Waals surface area (Å²) in [7, 11) is 1.74. The number of unbranched alkanes of at least 4 members (excludes halogenated alkanes) is 3. The largest absolute Gasteiger partial charge is 0.507 e. The van der Waals surface area contributed by atoms with Crippen molar-refractivity contribution in [2.45, 2.75) is 181 Å². The van der Waals surface area contributed by atoms with E-state index < -0.39 is 17.4 Å². The average molecular weight is 923 g/mol. The summed E-state index contributed by atoms with van der Waals surface area (Å²) in [4.78, 5) is 52.4. The Labute approximate surface area is 394 Å². The van der Waals surface area contributed by atoms with E-state index in [4.69, 9.17) is 0 Å². The Morgan fingerprint density at radius 2 is 1.50 bits per heavy atom.